The van der Waals surface area contributed by atoms with E-state index in [0.29, 0.717) is 6.04 Å². The highest BCUT2D eigenvalue weighted by Gasteiger charge is 2.12. The van der Waals surface area contributed by atoms with Gasteiger partial charge in [0.2, 0.25) is 0 Å². The van der Waals surface area contributed by atoms with Crippen LogP contribution in [-0.2, 0) is 0 Å². The molecular formula is C10H15N3. The molecule has 3 nitrogen and oxygen atoms in total. The Labute approximate surface area is 78.6 Å². The van der Waals surface area contributed by atoms with Crippen LogP contribution in [0.1, 0.15) is 12.8 Å². The first-order valence-electron chi connectivity index (χ1n) is 4.82. The summed E-state index contributed by atoms with van der Waals surface area (Å²) in [7, 11) is 0. The van der Waals surface area contributed by atoms with Crippen molar-refractivity contribution in [1.82, 2.24) is 10.3 Å². The highest BCUT2D eigenvalue weighted by Crippen LogP contribution is 2.07. The molecule has 3 heteroatoms. The third-order valence-corrected chi connectivity index (χ3v) is 2.40. The number of anilines is 1. The maximum absolute atomic E-state index is 3.97. The van der Waals surface area contributed by atoms with Crippen LogP contribution in [0.2, 0.25) is 0 Å². The van der Waals surface area contributed by atoms with Gasteiger partial charge in [0.05, 0.1) is 0 Å². The number of rotatable bonds is 3. The summed E-state index contributed by atoms with van der Waals surface area (Å²) < 4.78 is 0. The van der Waals surface area contributed by atoms with Gasteiger partial charge in [-0.25, -0.2) is 0 Å². The molecule has 0 radical (unpaired) electrons. The minimum Gasteiger partial charge on any atom is -0.383 e. The standard InChI is InChI=1S/C10H15N3/c1-2-10(12-5-1)8-13-9-3-6-11-7-4-9/h3-4,6-7,10,12H,1-2,5,8H2,(H,11,13)/t10-/m1/s1. The lowest BCUT2D eigenvalue weighted by molar-refractivity contribution is 0.633. The largest absolute Gasteiger partial charge is 0.383 e. The molecule has 0 unspecified atom stereocenters. The fraction of sp³-hybridized carbons (Fsp3) is 0.500. The molecule has 0 bridgehead atoms. The minimum atomic E-state index is 0.646. The van der Waals surface area contributed by atoms with Crippen molar-refractivity contribution in [2.75, 3.05) is 18.4 Å². The summed E-state index contributed by atoms with van der Waals surface area (Å²) in [6.45, 7) is 2.19. The van der Waals surface area contributed by atoms with Crippen molar-refractivity contribution in [3.63, 3.8) is 0 Å². The second-order valence-electron chi connectivity index (χ2n) is 3.41. The SMILES string of the molecule is c1cc(NC[C@H]2CCCN2)ccn1. The van der Waals surface area contributed by atoms with E-state index in [9.17, 15) is 0 Å². The molecule has 1 aromatic rings. The van der Waals surface area contributed by atoms with Crippen LogP contribution in [0, 0.1) is 0 Å². The molecule has 2 heterocycles. The maximum Gasteiger partial charge on any atom is 0.0371 e. The molecule has 1 fully saturated rings. The van der Waals surface area contributed by atoms with Gasteiger partial charge in [0.15, 0.2) is 0 Å². The van der Waals surface area contributed by atoms with Crippen LogP contribution in [-0.4, -0.2) is 24.1 Å². The lowest BCUT2D eigenvalue weighted by Crippen LogP contribution is -2.29. The Hall–Kier alpha value is -1.09. The summed E-state index contributed by atoms with van der Waals surface area (Å²) in [6.07, 6.45) is 6.22. The van der Waals surface area contributed by atoms with Gasteiger partial charge in [-0.05, 0) is 31.5 Å². The zero-order chi connectivity index (χ0) is 8.93. The highest BCUT2D eigenvalue weighted by molar-refractivity contribution is 5.40. The topological polar surface area (TPSA) is 37.0 Å². The van der Waals surface area contributed by atoms with Gasteiger partial charge in [-0.2, -0.15) is 0 Å². The lowest BCUT2D eigenvalue weighted by Gasteiger charge is -2.11. The number of nitrogens with zero attached hydrogens (tertiary/aromatic N) is 1. The molecule has 0 amide bonds. The molecule has 0 saturated carbocycles. The molecule has 70 valence electrons. The minimum absolute atomic E-state index is 0.646. The van der Waals surface area contributed by atoms with Crippen molar-refractivity contribution in [2.45, 2.75) is 18.9 Å². The third kappa shape index (κ3) is 2.42. The summed E-state index contributed by atoms with van der Waals surface area (Å²) in [5.74, 6) is 0. The van der Waals surface area contributed by atoms with Crippen LogP contribution in [0.15, 0.2) is 24.5 Å². The van der Waals surface area contributed by atoms with Gasteiger partial charge in [-0.3, -0.25) is 4.98 Å². The number of hydrogen-bond acceptors (Lipinski definition) is 3. The van der Waals surface area contributed by atoms with Crippen molar-refractivity contribution in [1.29, 1.82) is 0 Å². The molecule has 1 atom stereocenters. The summed E-state index contributed by atoms with van der Waals surface area (Å²) in [5.41, 5.74) is 1.16. The van der Waals surface area contributed by atoms with Crippen molar-refractivity contribution in [3.8, 4) is 0 Å². The summed E-state index contributed by atoms with van der Waals surface area (Å²) in [6, 6.07) is 4.64. The average molecular weight is 177 g/mol. The second kappa shape index (κ2) is 4.23. The average Bonchev–Trinajstić information content (AvgIpc) is 2.69. The molecule has 1 aliphatic rings. The smallest absolute Gasteiger partial charge is 0.0371 e. The van der Waals surface area contributed by atoms with E-state index in [4.69, 9.17) is 0 Å². The molecule has 1 aliphatic heterocycles. The number of aromatic nitrogens is 1. The van der Waals surface area contributed by atoms with Crippen LogP contribution in [0.3, 0.4) is 0 Å². The van der Waals surface area contributed by atoms with E-state index in [1.54, 1.807) is 0 Å². The van der Waals surface area contributed by atoms with Gasteiger partial charge in [-0.15, -0.1) is 0 Å². The first-order chi connectivity index (χ1) is 6.45. The van der Waals surface area contributed by atoms with E-state index in [2.05, 4.69) is 15.6 Å². The second-order valence-corrected chi connectivity index (χ2v) is 3.41. The summed E-state index contributed by atoms with van der Waals surface area (Å²) >= 11 is 0. The third-order valence-electron chi connectivity index (χ3n) is 2.40. The van der Waals surface area contributed by atoms with Crippen LogP contribution in [0.4, 0.5) is 5.69 Å². The fourth-order valence-corrected chi connectivity index (χ4v) is 1.64. The van der Waals surface area contributed by atoms with Crippen molar-refractivity contribution >= 4 is 5.69 Å². The zero-order valence-corrected chi connectivity index (χ0v) is 7.66. The molecule has 0 aromatic carbocycles. The van der Waals surface area contributed by atoms with E-state index in [1.807, 2.05) is 24.5 Å². The molecular weight excluding hydrogens is 162 g/mol. The molecule has 0 spiro atoms. The first-order valence-corrected chi connectivity index (χ1v) is 4.82. The predicted molar refractivity (Wildman–Crippen MR) is 53.8 cm³/mol. The van der Waals surface area contributed by atoms with Gasteiger partial charge in [0.1, 0.15) is 0 Å². The van der Waals surface area contributed by atoms with Gasteiger partial charge in [0.25, 0.3) is 0 Å². The van der Waals surface area contributed by atoms with Crippen LogP contribution in [0.25, 0.3) is 0 Å². The Morgan fingerprint density at radius 2 is 2.31 bits per heavy atom. The summed E-state index contributed by atoms with van der Waals surface area (Å²) in [4.78, 5) is 3.97. The molecule has 2 rings (SSSR count). The number of pyridine rings is 1. The van der Waals surface area contributed by atoms with E-state index in [-0.39, 0.29) is 0 Å². The lowest BCUT2D eigenvalue weighted by atomic mass is 10.2. The normalized spacial score (nSPS) is 21.7. The molecule has 1 aromatic heterocycles. The molecule has 2 N–H and O–H groups in total. The van der Waals surface area contributed by atoms with Crippen LogP contribution < -0.4 is 10.6 Å². The van der Waals surface area contributed by atoms with Gasteiger partial charge >= 0.3 is 0 Å². The Kier molecular flexibility index (Phi) is 2.77. The van der Waals surface area contributed by atoms with E-state index >= 15 is 0 Å². The summed E-state index contributed by atoms with van der Waals surface area (Å²) in [5, 5.41) is 6.83. The molecule has 0 aliphatic carbocycles. The van der Waals surface area contributed by atoms with E-state index in [0.717, 1.165) is 12.2 Å². The maximum atomic E-state index is 3.97. The van der Waals surface area contributed by atoms with Crippen LogP contribution in [0.5, 0.6) is 0 Å². The van der Waals surface area contributed by atoms with Crippen molar-refractivity contribution < 1.29 is 0 Å². The number of hydrogen-bond donors (Lipinski definition) is 2. The monoisotopic (exact) mass is 177 g/mol. The van der Waals surface area contributed by atoms with Gasteiger partial charge in [-0.1, -0.05) is 0 Å². The first kappa shape index (κ1) is 8.51. The van der Waals surface area contributed by atoms with E-state index in [1.165, 1.54) is 19.4 Å². The predicted octanol–water partition coefficient (Wildman–Crippen LogP) is 1.25. The van der Waals surface area contributed by atoms with Crippen molar-refractivity contribution in [3.05, 3.63) is 24.5 Å². The Bertz CT molecular complexity index is 242. The van der Waals surface area contributed by atoms with Crippen molar-refractivity contribution in [2.24, 2.45) is 0 Å². The van der Waals surface area contributed by atoms with E-state index < -0.39 is 0 Å². The zero-order valence-electron chi connectivity index (χ0n) is 7.66. The Balaban J connectivity index is 1.79. The molecule has 1 saturated heterocycles. The number of nitrogens with one attached hydrogen (secondary N) is 2. The highest BCUT2D eigenvalue weighted by atomic mass is 15.0. The van der Waals surface area contributed by atoms with Crippen LogP contribution >= 0.6 is 0 Å². The Morgan fingerprint density at radius 3 is 3.00 bits per heavy atom. The fourth-order valence-electron chi connectivity index (χ4n) is 1.64. The quantitative estimate of drug-likeness (QED) is 0.729. The van der Waals surface area contributed by atoms with Gasteiger partial charge < -0.3 is 10.6 Å². The van der Waals surface area contributed by atoms with Gasteiger partial charge in [0, 0.05) is 30.7 Å². The Morgan fingerprint density at radius 1 is 1.46 bits per heavy atom. The molecule has 13 heavy (non-hydrogen) atoms.